The number of aliphatic imine (C=N–C) groups is 1. The Hall–Kier alpha value is -0.940. The lowest BCUT2D eigenvalue weighted by Crippen LogP contribution is -2.38. The van der Waals surface area contributed by atoms with E-state index in [0.717, 1.165) is 44.1 Å². The summed E-state index contributed by atoms with van der Waals surface area (Å²) in [5, 5.41) is 10.5. The Morgan fingerprint density at radius 2 is 1.88 bits per heavy atom. The van der Waals surface area contributed by atoms with E-state index in [4.69, 9.17) is 14.0 Å². The summed E-state index contributed by atoms with van der Waals surface area (Å²) < 4.78 is 15.5. The third-order valence-corrected chi connectivity index (χ3v) is 3.27. The van der Waals surface area contributed by atoms with Gasteiger partial charge in [-0.2, -0.15) is 4.98 Å². The van der Waals surface area contributed by atoms with Gasteiger partial charge >= 0.3 is 0 Å². The fourth-order valence-electron chi connectivity index (χ4n) is 1.90. The molecule has 0 bridgehead atoms. The first-order valence-corrected chi connectivity index (χ1v) is 8.51. The zero-order valence-electron chi connectivity index (χ0n) is 15.7. The molecule has 1 aromatic rings. The summed E-state index contributed by atoms with van der Waals surface area (Å²) in [6.07, 6.45) is 2.59. The van der Waals surface area contributed by atoms with Crippen molar-refractivity contribution >= 4 is 29.9 Å². The van der Waals surface area contributed by atoms with Gasteiger partial charge in [0.2, 0.25) is 5.89 Å². The Balaban J connectivity index is 0.00000576. The van der Waals surface area contributed by atoms with Crippen molar-refractivity contribution in [2.24, 2.45) is 4.99 Å². The van der Waals surface area contributed by atoms with Crippen LogP contribution in [0.4, 0.5) is 0 Å². The molecule has 0 amide bonds. The molecule has 0 aliphatic carbocycles. The second kappa shape index (κ2) is 15.3. The van der Waals surface area contributed by atoms with Crippen molar-refractivity contribution in [2.75, 3.05) is 47.1 Å². The van der Waals surface area contributed by atoms with Crippen molar-refractivity contribution in [3.8, 4) is 0 Å². The average Bonchev–Trinajstić information content (AvgIpc) is 3.05. The van der Waals surface area contributed by atoms with Crippen molar-refractivity contribution in [3.63, 3.8) is 0 Å². The second-order valence-electron chi connectivity index (χ2n) is 5.69. The average molecular weight is 469 g/mol. The SMILES string of the molecule is CN=C(NCCCOCCOC)NCCCc1nc(C(C)C)no1.I. The molecule has 9 heteroatoms. The van der Waals surface area contributed by atoms with Gasteiger partial charge < -0.3 is 24.6 Å². The Bertz CT molecular complexity index is 468. The van der Waals surface area contributed by atoms with Crippen LogP contribution in [0.25, 0.3) is 0 Å². The Labute approximate surface area is 167 Å². The maximum absolute atomic E-state index is 5.41. The van der Waals surface area contributed by atoms with Crippen LogP contribution >= 0.6 is 24.0 Å². The molecule has 0 atom stereocenters. The molecule has 0 spiro atoms. The number of hydrogen-bond acceptors (Lipinski definition) is 6. The third-order valence-electron chi connectivity index (χ3n) is 3.27. The normalized spacial score (nSPS) is 11.5. The van der Waals surface area contributed by atoms with Crippen molar-refractivity contribution < 1.29 is 14.0 Å². The number of nitrogens with one attached hydrogen (secondary N) is 2. The summed E-state index contributed by atoms with van der Waals surface area (Å²) in [5.74, 6) is 2.54. The molecule has 1 heterocycles. The highest BCUT2D eigenvalue weighted by atomic mass is 127. The minimum Gasteiger partial charge on any atom is -0.382 e. The van der Waals surface area contributed by atoms with Crippen LogP contribution in [-0.4, -0.2) is 63.2 Å². The first kappa shape index (κ1) is 24.1. The van der Waals surface area contributed by atoms with Crippen LogP contribution in [0, 0.1) is 0 Å². The summed E-state index contributed by atoms with van der Waals surface area (Å²) in [6, 6.07) is 0. The molecular weight excluding hydrogens is 437 g/mol. The predicted molar refractivity (Wildman–Crippen MR) is 109 cm³/mol. The van der Waals surface area contributed by atoms with Crippen LogP contribution in [0.1, 0.15) is 44.3 Å². The number of aryl methyl sites for hydroxylation is 1. The molecule has 0 saturated heterocycles. The van der Waals surface area contributed by atoms with Crippen LogP contribution in [0.5, 0.6) is 0 Å². The van der Waals surface area contributed by atoms with Gasteiger partial charge in [0, 0.05) is 46.2 Å². The molecule has 0 radical (unpaired) electrons. The lowest BCUT2D eigenvalue weighted by atomic mass is 10.2. The lowest BCUT2D eigenvalue weighted by Gasteiger charge is -2.11. The fraction of sp³-hybridized carbons (Fsp3) is 0.812. The van der Waals surface area contributed by atoms with E-state index in [2.05, 4.69) is 39.6 Å². The van der Waals surface area contributed by atoms with Gasteiger partial charge in [0.1, 0.15) is 0 Å². The summed E-state index contributed by atoms with van der Waals surface area (Å²) in [4.78, 5) is 8.55. The monoisotopic (exact) mass is 469 g/mol. The molecule has 0 aliphatic rings. The zero-order valence-corrected chi connectivity index (χ0v) is 18.0. The molecule has 25 heavy (non-hydrogen) atoms. The van der Waals surface area contributed by atoms with Gasteiger partial charge in [-0.15, -0.1) is 24.0 Å². The van der Waals surface area contributed by atoms with Gasteiger partial charge in [-0.1, -0.05) is 19.0 Å². The molecule has 0 saturated carbocycles. The molecule has 0 fully saturated rings. The van der Waals surface area contributed by atoms with E-state index in [-0.39, 0.29) is 24.0 Å². The fourth-order valence-corrected chi connectivity index (χ4v) is 1.90. The molecule has 0 aliphatic heterocycles. The minimum absolute atomic E-state index is 0. The largest absolute Gasteiger partial charge is 0.382 e. The Kier molecular flexibility index (Phi) is 14.7. The summed E-state index contributed by atoms with van der Waals surface area (Å²) in [7, 11) is 3.43. The Morgan fingerprint density at radius 1 is 1.16 bits per heavy atom. The second-order valence-corrected chi connectivity index (χ2v) is 5.69. The number of guanidine groups is 1. The number of nitrogens with zero attached hydrogens (tertiary/aromatic N) is 3. The molecule has 0 unspecified atom stereocenters. The smallest absolute Gasteiger partial charge is 0.226 e. The zero-order chi connectivity index (χ0) is 17.6. The van der Waals surface area contributed by atoms with E-state index < -0.39 is 0 Å². The van der Waals surface area contributed by atoms with Crippen molar-refractivity contribution in [1.29, 1.82) is 0 Å². The van der Waals surface area contributed by atoms with Gasteiger partial charge in [-0.05, 0) is 12.8 Å². The number of rotatable bonds is 12. The number of hydrogen-bond donors (Lipinski definition) is 2. The summed E-state index contributed by atoms with van der Waals surface area (Å²) in [6.45, 7) is 7.69. The van der Waals surface area contributed by atoms with Crippen LogP contribution in [-0.2, 0) is 15.9 Å². The maximum Gasteiger partial charge on any atom is 0.226 e. The molecule has 1 rings (SSSR count). The van der Waals surface area contributed by atoms with E-state index in [0.29, 0.717) is 31.6 Å². The van der Waals surface area contributed by atoms with E-state index >= 15 is 0 Å². The number of aromatic nitrogens is 2. The first-order valence-electron chi connectivity index (χ1n) is 8.51. The van der Waals surface area contributed by atoms with Crippen LogP contribution < -0.4 is 10.6 Å². The molecule has 1 aromatic heterocycles. The third kappa shape index (κ3) is 11.3. The van der Waals surface area contributed by atoms with Gasteiger partial charge in [-0.25, -0.2) is 0 Å². The first-order chi connectivity index (χ1) is 11.7. The predicted octanol–water partition coefficient (Wildman–Crippen LogP) is 1.96. The quantitative estimate of drug-likeness (QED) is 0.209. The molecule has 146 valence electrons. The molecular formula is C16H32IN5O3. The van der Waals surface area contributed by atoms with E-state index in [1.807, 2.05) is 0 Å². The highest BCUT2D eigenvalue weighted by Crippen LogP contribution is 2.10. The van der Waals surface area contributed by atoms with Crippen molar-refractivity contribution in [2.45, 2.75) is 39.0 Å². The van der Waals surface area contributed by atoms with Crippen molar-refractivity contribution in [1.82, 2.24) is 20.8 Å². The van der Waals surface area contributed by atoms with E-state index in [1.165, 1.54) is 0 Å². The van der Waals surface area contributed by atoms with Crippen LogP contribution in [0.3, 0.4) is 0 Å². The molecule has 8 nitrogen and oxygen atoms in total. The highest BCUT2D eigenvalue weighted by Gasteiger charge is 2.09. The lowest BCUT2D eigenvalue weighted by molar-refractivity contribution is 0.0698. The van der Waals surface area contributed by atoms with E-state index in [1.54, 1.807) is 14.2 Å². The van der Waals surface area contributed by atoms with Crippen LogP contribution in [0.2, 0.25) is 0 Å². The standard InChI is InChI=1S/C16H31N5O3.HI/c1-13(2)15-20-14(24-21-15)7-5-8-18-16(17-3)19-9-6-10-23-12-11-22-4;/h13H,5-12H2,1-4H3,(H2,17,18,19);1H. The van der Waals surface area contributed by atoms with Gasteiger partial charge in [0.05, 0.1) is 13.2 Å². The number of methoxy groups -OCH3 is 1. The maximum atomic E-state index is 5.41. The Morgan fingerprint density at radius 3 is 2.48 bits per heavy atom. The van der Waals surface area contributed by atoms with Gasteiger partial charge in [0.25, 0.3) is 0 Å². The number of ether oxygens (including phenoxy) is 2. The topological polar surface area (TPSA) is 93.8 Å². The minimum atomic E-state index is 0. The highest BCUT2D eigenvalue weighted by molar-refractivity contribution is 14.0. The number of halogens is 1. The van der Waals surface area contributed by atoms with Gasteiger partial charge in [0.15, 0.2) is 11.8 Å². The van der Waals surface area contributed by atoms with Crippen molar-refractivity contribution in [3.05, 3.63) is 11.7 Å². The summed E-state index contributed by atoms with van der Waals surface area (Å²) >= 11 is 0. The van der Waals surface area contributed by atoms with Crippen LogP contribution in [0.15, 0.2) is 9.52 Å². The molecule has 2 N–H and O–H groups in total. The molecule has 0 aromatic carbocycles. The summed E-state index contributed by atoms with van der Waals surface area (Å²) in [5.41, 5.74) is 0. The van der Waals surface area contributed by atoms with E-state index in [9.17, 15) is 0 Å². The van der Waals surface area contributed by atoms with Gasteiger partial charge in [-0.3, -0.25) is 4.99 Å².